The van der Waals surface area contributed by atoms with Crippen LogP contribution in [0.4, 0.5) is 0 Å². The molecular formula is C9H14O. The molecule has 0 saturated heterocycles. The standard InChI is InChI=1S/C9H14O/c1-2-3-4-8-5-6-9(10)7-8/h2,8H,1,3-7H2/t8-/m0/s1. The average Bonchev–Trinajstić information content (AvgIpc) is 2.31. The molecule has 0 aliphatic heterocycles. The quantitative estimate of drug-likeness (QED) is 0.547. The Kier molecular flexibility index (Phi) is 2.67. The molecule has 1 rings (SSSR count). The minimum atomic E-state index is 0.453. The van der Waals surface area contributed by atoms with E-state index in [0.29, 0.717) is 11.7 Å². The predicted molar refractivity (Wildman–Crippen MR) is 41.8 cm³/mol. The number of hydrogen-bond donors (Lipinski definition) is 0. The lowest BCUT2D eigenvalue weighted by molar-refractivity contribution is -0.117. The van der Waals surface area contributed by atoms with Gasteiger partial charge in [0.2, 0.25) is 0 Å². The second kappa shape index (κ2) is 3.55. The Labute approximate surface area is 62.1 Å². The topological polar surface area (TPSA) is 17.1 Å². The molecule has 0 aromatic carbocycles. The summed E-state index contributed by atoms with van der Waals surface area (Å²) in [5, 5.41) is 0. The molecule has 10 heavy (non-hydrogen) atoms. The van der Waals surface area contributed by atoms with Gasteiger partial charge < -0.3 is 0 Å². The van der Waals surface area contributed by atoms with Crippen molar-refractivity contribution in [2.45, 2.75) is 32.1 Å². The summed E-state index contributed by atoms with van der Waals surface area (Å²) in [5.74, 6) is 1.12. The molecule has 1 aliphatic carbocycles. The van der Waals surface area contributed by atoms with Gasteiger partial charge in [-0.1, -0.05) is 6.08 Å². The van der Waals surface area contributed by atoms with Gasteiger partial charge >= 0.3 is 0 Å². The van der Waals surface area contributed by atoms with E-state index in [0.717, 1.165) is 32.1 Å². The minimum Gasteiger partial charge on any atom is -0.300 e. The van der Waals surface area contributed by atoms with Crippen LogP contribution in [0.15, 0.2) is 12.7 Å². The smallest absolute Gasteiger partial charge is 0.133 e. The Bertz CT molecular complexity index is 138. The van der Waals surface area contributed by atoms with Crippen LogP contribution in [0.1, 0.15) is 32.1 Å². The van der Waals surface area contributed by atoms with Crippen molar-refractivity contribution < 1.29 is 4.79 Å². The zero-order valence-electron chi connectivity index (χ0n) is 6.31. The highest BCUT2D eigenvalue weighted by atomic mass is 16.1. The number of carbonyl (C=O) groups is 1. The summed E-state index contributed by atoms with van der Waals surface area (Å²) in [6.07, 6.45) is 6.93. The second-order valence-electron chi connectivity index (χ2n) is 3.01. The Balaban J connectivity index is 2.18. The van der Waals surface area contributed by atoms with E-state index in [2.05, 4.69) is 6.58 Å². The predicted octanol–water partition coefficient (Wildman–Crippen LogP) is 2.32. The van der Waals surface area contributed by atoms with E-state index in [9.17, 15) is 4.79 Å². The highest BCUT2D eigenvalue weighted by Gasteiger charge is 2.20. The van der Waals surface area contributed by atoms with Gasteiger partial charge in [0.15, 0.2) is 0 Å². The summed E-state index contributed by atoms with van der Waals surface area (Å²) in [4.78, 5) is 10.8. The van der Waals surface area contributed by atoms with Crippen LogP contribution in [0.25, 0.3) is 0 Å². The van der Waals surface area contributed by atoms with Crippen molar-refractivity contribution in [1.29, 1.82) is 0 Å². The molecule has 0 unspecified atom stereocenters. The summed E-state index contributed by atoms with van der Waals surface area (Å²) in [7, 11) is 0. The van der Waals surface area contributed by atoms with Gasteiger partial charge in [-0.25, -0.2) is 0 Å². The number of rotatable bonds is 3. The van der Waals surface area contributed by atoms with Crippen molar-refractivity contribution in [3.05, 3.63) is 12.7 Å². The van der Waals surface area contributed by atoms with Gasteiger partial charge in [0, 0.05) is 12.8 Å². The van der Waals surface area contributed by atoms with Gasteiger partial charge in [0.25, 0.3) is 0 Å². The summed E-state index contributed by atoms with van der Waals surface area (Å²) in [6.45, 7) is 3.66. The van der Waals surface area contributed by atoms with Gasteiger partial charge in [-0.05, 0) is 25.2 Å². The highest BCUT2D eigenvalue weighted by Crippen LogP contribution is 2.25. The largest absolute Gasteiger partial charge is 0.300 e. The molecule has 1 nitrogen and oxygen atoms in total. The van der Waals surface area contributed by atoms with E-state index in [4.69, 9.17) is 0 Å². The summed E-state index contributed by atoms with van der Waals surface area (Å²) < 4.78 is 0. The molecule has 0 aromatic heterocycles. The fraction of sp³-hybridized carbons (Fsp3) is 0.667. The molecule has 0 amide bonds. The van der Waals surface area contributed by atoms with Crippen LogP contribution in [-0.2, 0) is 4.79 Å². The number of hydrogen-bond acceptors (Lipinski definition) is 1. The fourth-order valence-corrected chi connectivity index (χ4v) is 1.49. The molecule has 0 aromatic rings. The Hall–Kier alpha value is -0.590. The summed E-state index contributed by atoms with van der Waals surface area (Å²) >= 11 is 0. The van der Waals surface area contributed by atoms with Gasteiger partial charge in [-0.2, -0.15) is 0 Å². The van der Waals surface area contributed by atoms with E-state index in [-0.39, 0.29) is 0 Å². The third-order valence-corrected chi connectivity index (χ3v) is 2.13. The maximum Gasteiger partial charge on any atom is 0.133 e. The first-order valence-corrected chi connectivity index (χ1v) is 3.95. The maximum atomic E-state index is 10.8. The van der Waals surface area contributed by atoms with Crippen molar-refractivity contribution in [2.24, 2.45) is 5.92 Å². The van der Waals surface area contributed by atoms with E-state index < -0.39 is 0 Å². The van der Waals surface area contributed by atoms with Crippen LogP contribution in [-0.4, -0.2) is 5.78 Å². The molecule has 0 bridgehead atoms. The van der Waals surface area contributed by atoms with Crippen molar-refractivity contribution in [3.8, 4) is 0 Å². The van der Waals surface area contributed by atoms with Crippen LogP contribution in [0.5, 0.6) is 0 Å². The van der Waals surface area contributed by atoms with E-state index >= 15 is 0 Å². The normalized spacial score (nSPS) is 25.2. The van der Waals surface area contributed by atoms with Crippen molar-refractivity contribution in [3.63, 3.8) is 0 Å². The molecule has 0 spiro atoms. The van der Waals surface area contributed by atoms with Gasteiger partial charge in [0.1, 0.15) is 5.78 Å². The van der Waals surface area contributed by atoms with Crippen LogP contribution < -0.4 is 0 Å². The first kappa shape index (κ1) is 7.52. The van der Waals surface area contributed by atoms with Gasteiger partial charge in [-0.3, -0.25) is 4.79 Å². The van der Waals surface area contributed by atoms with Gasteiger partial charge in [0.05, 0.1) is 0 Å². The molecular weight excluding hydrogens is 124 g/mol. The number of allylic oxidation sites excluding steroid dienone is 1. The molecule has 1 heteroatoms. The molecule has 1 aliphatic rings. The zero-order chi connectivity index (χ0) is 7.40. The van der Waals surface area contributed by atoms with Crippen LogP contribution >= 0.6 is 0 Å². The summed E-state index contributed by atoms with van der Waals surface area (Å²) in [5.41, 5.74) is 0. The van der Waals surface area contributed by atoms with E-state index in [1.807, 2.05) is 6.08 Å². The Morgan fingerprint density at radius 3 is 3.00 bits per heavy atom. The van der Waals surface area contributed by atoms with E-state index in [1.54, 1.807) is 0 Å². The molecule has 1 fully saturated rings. The molecule has 0 heterocycles. The van der Waals surface area contributed by atoms with Crippen molar-refractivity contribution in [1.82, 2.24) is 0 Å². The second-order valence-corrected chi connectivity index (χ2v) is 3.01. The molecule has 56 valence electrons. The maximum absolute atomic E-state index is 10.8. The lowest BCUT2D eigenvalue weighted by Crippen LogP contribution is -1.93. The Morgan fingerprint density at radius 2 is 2.50 bits per heavy atom. The van der Waals surface area contributed by atoms with Crippen LogP contribution in [0.3, 0.4) is 0 Å². The third-order valence-electron chi connectivity index (χ3n) is 2.13. The molecule has 1 saturated carbocycles. The van der Waals surface area contributed by atoms with Crippen molar-refractivity contribution in [2.75, 3.05) is 0 Å². The lowest BCUT2D eigenvalue weighted by Gasteiger charge is -2.02. The Morgan fingerprint density at radius 1 is 1.70 bits per heavy atom. The highest BCUT2D eigenvalue weighted by molar-refractivity contribution is 5.80. The third kappa shape index (κ3) is 1.98. The fourth-order valence-electron chi connectivity index (χ4n) is 1.49. The average molecular weight is 138 g/mol. The minimum absolute atomic E-state index is 0.453. The first-order valence-electron chi connectivity index (χ1n) is 3.95. The molecule has 1 atom stereocenters. The summed E-state index contributed by atoms with van der Waals surface area (Å²) in [6, 6.07) is 0. The van der Waals surface area contributed by atoms with Crippen LogP contribution in [0, 0.1) is 5.92 Å². The number of Topliss-reactive ketones (excluding diaryl/α,β-unsaturated/α-hetero) is 1. The lowest BCUT2D eigenvalue weighted by atomic mass is 10.0. The van der Waals surface area contributed by atoms with Gasteiger partial charge in [-0.15, -0.1) is 6.58 Å². The van der Waals surface area contributed by atoms with Crippen LogP contribution in [0.2, 0.25) is 0 Å². The SMILES string of the molecule is C=CCC[C@H]1CCC(=O)C1. The first-order chi connectivity index (χ1) is 4.83. The number of carbonyl (C=O) groups excluding carboxylic acids is 1. The molecule has 0 radical (unpaired) electrons. The van der Waals surface area contributed by atoms with Crippen molar-refractivity contribution >= 4 is 5.78 Å². The number of ketones is 1. The zero-order valence-corrected chi connectivity index (χ0v) is 6.31. The monoisotopic (exact) mass is 138 g/mol. The van der Waals surface area contributed by atoms with E-state index in [1.165, 1.54) is 0 Å². The molecule has 0 N–H and O–H groups in total.